The summed E-state index contributed by atoms with van der Waals surface area (Å²) in [6.07, 6.45) is 3.36. The zero-order valence-corrected chi connectivity index (χ0v) is 14.5. The molecule has 3 aromatic rings. The molecule has 1 heterocycles. The van der Waals surface area contributed by atoms with Crippen molar-refractivity contribution in [1.29, 1.82) is 0 Å². The smallest absolute Gasteiger partial charge is 0.255 e. The summed E-state index contributed by atoms with van der Waals surface area (Å²) < 4.78 is 5.81. The Bertz CT molecular complexity index is 905. The fourth-order valence-electron chi connectivity index (χ4n) is 2.46. The molecule has 0 aliphatic heterocycles. The van der Waals surface area contributed by atoms with Gasteiger partial charge < -0.3 is 10.1 Å². The molecule has 0 unspecified atom stereocenters. The Morgan fingerprint density at radius 2 is 1.80 bits per heavy atom. The number of carbonyl (C=O) groups is 1. The lowest BCUT2D eigenvalue weighted by molar-refractivity contribution is 0.102. The van der Waals surface area contributed by atoms with E-state index in [1.54, 1.807) is 12.4 Å². The van der Waals surface area contributed by atoms with Gasteiger partial charge in [-0.05, 0) is 79.9 Å². The molecular formula is C21H20N2O2. The van der Waals surface area contributed by atoms with Crippen LogP contribution in [0.25, 0.3) is 0 Å². The number of nitrogens with zero attached hydrogens (tertiary/aromatic N) is 1. The maximum atomic E-state index is 12.4. The molecule has 0 fully saturated rings. The average molecular weight is 332 g/mol. The minimum absolute atomic E-state index is 0.122. The van der Waals surface area contributed by atoms with E-state index >= 15 is 0 Å². The Labute approximate surface area is 147 Å². The van der Waals surface area contributed by atoms with E-state index in [0.717, 1.165) is 22.6 Å². The van der Waals surface area contributed by atoms with Gasteiger partial charge in [-0.3, -0.25) is 9.78 Å². The van der Waals surface area contributed by atoms with E-state index in [2.05, 4.69) is 10.3 Å². The first-order valence-corrected chi connectivity index (χ1v) is 8.10. The third-order valence-corrected chi connectivity index (χ3v) is 4.06. The third kappa shape index (κ3) is 4.04. The number of aryl methyl sites for hydroxylation is 3. The van der Waals surface area contributed by atoms with Gasteiger partial charge in [-0.15, -0.1) is 0 Å². The molecule has 1 N–H and O–H groups in total. The fourth-order valence-corrected chi connectivity index (χ4v) is 2.46. The summed E-state index contributed by atoms with van der Waals surface area (Å²) in [4.78, 5) is 16.4. The number of benzene rings is 2. The molecule has 0 radical (unpaired) electrons. The number of carbonyl (C=O) groups excluding carboxylic acids is 1. The van der Waals surface area contributed by atoms with Crippen LogP contribution in [0, 0.1) is 20.8 Å². The molecule has 4 nitrogen and oxygen atoms in total. The third-order valence-electron chi connectivity index (χ3n) is 4.06. The summed E-state index contributed by atoms with van der Waals surface area (Å²) in [7, 11) is 0. The van der Waals surface area contributed by atoms with Crippen molar-refractivity contribution in [3.63, 3.8) is 0 Å². The highest BCUT2D eigenvalue weighted by Crippen LogP contribution is 2.27. The Morgan fingerprint density at radius 3 is 2.48 bits per heavy atom. The van der Waals surface area contributed by atoms with Crippen molar-refractivity contribution in [2.24, 2.45) is 0 Å². The van der Waals surface area contributed by atoms with Gasteiger partial charge in [0.2, 0.25) is 0 Å². The molecule has 0 saturated heterocycles. The molecule has 126 valence electrons. The van der Waals surface area contributed by atoms with E-state index < -0.39 is 0 Å². The second kappa shape index (κ2) is 7.18. The zero-order valence-electron chi connectivity index (χ0n) is 14.5. The maximum Gasteiger partial charge on any atom is 0.255 e. The summed E-state index contributed by atoms with van der Waals surface area (Å²) >= 11 is 0. The van der Waals surface area contributed by atoms with Crippen LogP contribution < -0.4 is 10.1 Å². The highest BCUT2D eigenvalue weighted by molar-refractivity contribution is 6.04. The van der Waals surface area contributed by atoms with Crippen molar-refractivity contribution in [2.45, 2.75) is 20.8 Å². The molecule has 3 rings (SSSR count). The molecule has 4 heteroatoms. The van der Waals surface area contributed by atoms with Crippen LogP contribution in [0.15, 0.2) is 60.9 Å². The van der Waals surface area contributed by atoms with Crippen LogP contribution >= 0.6 is 0 Å². The van der Waals surface area contributed by atoms with Crippen LogP contribution in [0.4, 0.5) is 5.69 Å². The first-order chi connectivity index (χ1) is 12.0. The van der Waals surface area contributed by atoms with Crippen molar-refractivity contribution >= 4 is 11.6 Å². The quantitative estimate of drug-likeness (QED) is 0.727. The average Bonchev–Trinajstić information content (AvgIpc) is 2.60. The minimum Gasteiger partial charge on any atom is -0.455 e. The number of aromatic nitrogens is 1. The number of nitrogens with one attached hydrogen (secondary N) is 1. The number of ether oxygens (including phenoxy) is 1. The van der Waals surface area contributed by atoms with Crippen LogP contribution in [0.1, 0.15) is 27.0 Å². The summed E-state index contributed by atoms with van der Waals surface area (Å²) in [5.41, 5.74) is 4.59. The number of rotatable bonds is 4. The SMILES string of the molecule is Cc1ccc(C(=O)Nc2ccc(Oc3cccnc3)c(C)c2)cc1C. The topological polar surface area (TPSA) is 51.2 Å². The standard InChI is InChI=1S/C21H20N2O2/c1-14-6-7-17(11-15(14)2)21(24)23-18-8-9-20(16(3)12-18)25-19-5-4-10-22-13-19/h4-13H,1-3H3,(H,23,24). The lowest BCUT2D eigenvalue weighted by atomic mass is 10.1. The molecule has 1 amide bonds. The first kappa shape index (κ1) is 16.7. The van der Waals surface area contributed by atoms with E-state index in [4.69, 9.17) is 4.74 Å². The van der Waals surface area contributed by atoms with E-state index in [-0.39, 0.29) is 5.91 Å². The minimum atomic E-state index is -0.122. The van der Waals surface area contributed by atoms with Crippen LogP contribution in [-0.4, -0.2) is 10.9 Å². The van der Waals surface area contributed by atoms with Gasteiger partial charge in [0.1, 0.15) is 11.5 Å². The number of pyridine rings is 1. The number of hydrogen-bond donors (Lipinski definition) is 1. The summed E-state index contributed by atoms with van der Waals surface area (Å²) in [6, 6.07) is 14.9. The largest absolute Gasteiger partial charge is 0.455 e. The van der Waals surface area contributed by atoms with Gasteiger partial charge in [0.05, 0.1) is 6.20 Å². The van der Waals surface area contributed by atoms with E-state index in [0.29, 0.717) is 11.3 Å². The van der Waals surface area contributed by atoms with E-state index in [1.165, 1.54) is 5.56 Å². The van der Waals surface area contributed by atoms with Gasteiger partial charge in [-0.25, -0.2) is 0 Å². The normalized spacial score (nSPS) is 10.4. The zero-order chi connectivity index (χ0) is 17.8. The van der Waals surface area contributed by atoms with Gasteiger partial charge in [0.15, 0.2) is 0 Å². The lowest BCUT2D eigenvalue weighted by Crippen LogP contribution is -2.12. The summed E-state index contributed by atoms with van der Waals surface area (Å²) in [6.45, 7) is 5.97. The van der Waals surface area contributed by atoms with Crippen molar-refractivity contribution < 1.29 is 9.53 Å². The maximum absolute atomic E-state index is 12.4. The number of anilines is 1. The van der Waals surface area contributed by atoms with Gasteiger partial charge in [0.25, 0.3) is 5.91 Å². The van der Waals surface area contributed by atoms with Crippen molar-refractivity contribution in [1.82, 2.24) is 4.98 Å². The van der Waals surface area contributed by atoms with Crippen molar-refractivity contribution in [3.8, 4) is 11.5 Å². The first-order valence-electron chi connectivity index (χ1n) is 8.10. The Hall–Kier alpha value is -3.14. The summed E-state index contributed by atoms with van der Waals surface area (Å²) in [5, 5.41) is 2.93. The van der Waals surface area contributed by atoms with Gasteiger partial charge in [0, 0.05) is 17.4 Å². The second-order valence-corrected chi connectivity index (χ2v) is 6.02. The number of amides is 1. The molecule has 0 atom stereocenters. The molecule has 25 heavy (non-hydrogen) atoms. The Morgan fingerprint density at radius 1 is 0.960 bits per heavy atom. The Kier molecular flexibility index (Phi) is 4.80. The van der Waals surface area contributed by atoms with E-state index in [9.17, 15) is 4.79 Å². The summed E-state index contributed by atoms with van der Waals surface area (Å²) in [5.74, 6) is 1.29. The van der Waals surface area contributed by atoms with Gasteiger partial charge >= 0.3 is 0 Å². The van der Waals surface area contributed by atoms with Gasteiger partial charge in [-0.2, -0.15) is 0 Å². The van der Waals surface area contributed by atoms with E-state index in [1.807, 2.05) is 69.3 Å². The Balaban J connectivity index is 1.74. The molecule has 0 saturated carbocycles. The second-order valence-electron chi connectivity index (χ2n) is 6.02. The molecular weight excluding hydrogens is 312 g/mol. The van der Waals surface area contributed by atoms with Crippen molar-refractivity contribution in [2.75, 3.05) is 5.32 Å². The highest BCUT2D eigenvalue weighted by Gasteiger charge is 2.09. The molecule has 0 spiro atoms. The van der Waals surface area contributed by atoms with Crippen LogP contribution in [0.2, 0.25) is 0 Å². The van der Waals surface area contributed by atoms with Crippen molar-refractivity contribution in [3.05, 3.63) is 83.2 Å². The molecule has 1 aromatic heterocycles. The lowest BCUT2D eigenvalue weighted by Gasteiger charge is -2.11. The van der Waals surface area contributed by atoms with Crippen LogP contribution in [-0.2, 0) is 0 Å². The molecule has 0 aliphatic carbocycles. The van der Waals surface area contributed by atoms with Crippen LogP contribution in [0.3, 0.4) is 0 Å². The predicted octanol–water partition coefficient (Wildman–Crippen LogP) is 5.05. The van der Waals surface area contributed by atoms with Crippen LogP contribution in [0.5, 0.6) is 11.5 Å². The predicted molar refractivity (Wildman–Crippen MR) is 99.4 cm³/mol. The van der Waals surface area contributed by atoms with Gasteiger partial charge in [-0.1, -0.05) is 6.07 Å². The fraction of sp³-hybridized carbons (Fsp3) is 0.143. The number of hydrogen-bond acceptors (Lipinski definition) is 3. The molecule has 0 aliphatic rings. The highest BCUT2D eigenvalue weighted by atomic mass is 16.5. The molecule has 0 bridgehead atoms. The monoisotopic (exact) mass is 332 g/mol. The molecule has 2 aromatic carbocycles.